The van der Waals surface area contributed by atoms with Crippen molar-refractivity contribution in [2.24, 2.45) is 0 Å². The van der Waals surface area contributed by atoms with Gasteiger partial charge in [0.1, 0.15) is 0 Å². The summed E-state index contributed by atoms with van der Waals surface area (Å²) < 4.78 is 5.77. The second-order valence-corrected chi connectivity index (χ2v) is 5.37. The summed E-state index contributed by atoms with van der Waals surface area (Å²) in [4.78, 5) is 11.4. The highest BCUT2D eigenvalue weighted by molar-refractivity contribution is 5.76. The van der Waals surface area contributed by atoms with Crippen LogP contribution in [0.1, 0.15) is 52.9 Å². The maximum Gasteiger partial charge on any atom is 0.222 e. The molecule has 0 atom stereocenters. The van der Waals surface area contributed by atoms with Crippen molar-refractivity contribution in [1.82, 2.24) is 10.6 Å². The minimum absolute atomic E-state index is 0.0892. The van der Waals surface area contributed by atoms with Crippen LogP contribution < -0.4 is 10.6 Å². The summed E-state index contributed by atoms with van der Waals surface area (Å²) in [6, 6.07) is 0.882. The molecule has 106 valence electrons. The Bertz CT molecular complexity index is 236. The predicted molar refractivity (Wildman–Crippen MR) is 73.6 cm³/mol. The zero-order valence-corrected chi connectivity index (χ0v) is 12.0. The lowest BCUT2D eigenvalue weighted by molar-refractivity contribution is -0.123. The van der Waals surface area contributed by atoms with E-state index in [0.717, 1.165) is 19.4 Å². The Kier molecular flexibility index (Phi) is 7.28. The molecule has 0 unspecified atom stereocenters. The third kappa shape index (κ3) is 6.36. The van der Waals surface area contributed by atoms with Crippen LogP contribution in [-0.2, 0) is 9.53 Å². The number of carbonyl (C=O) groups excluding carboxylic acids is 1. The fraction of sp³-hybridized carbons (Fsp3) is 0.929. The van der Waals surface area contributed by atoms with Crippen molar-refractivity contribution >= 4 is 5.91 Å². The number of rotatable bonds is 7. The number of amides is 1. The number of hydrogen-bond donors (Lipinski definition) is 2. The molecule has 1 aliphatic carbocycles. The van der Waals surface area contributed by atoms with Gasteiger partial charge < -0.3 is 15.4 Å². The summed E-state index contributed by atoms with van der Waals surface area (Å²) >= 11 is 0. The van der Waals surface area contributed by atoms with Gasteiger partial charge in [0.05, 0.1) is 12.7 Å². The standard InChI is InChI=1S/C14H28N2O2/c1-4-15-12-5-7-13(8-6-12)18-10-9-14(17)16-11(2)3/h11-13,15H,4-10H2,1-3H3,(H,16,17). The Morgan fingerprint density at radius 2 is 1.94 bits per heavy atom. The van der Waals surface area contributed by atoms with Crippen LogP contribution in [0, 0.1) is 0 Å². The first kappa shape index (κ1) is 15.4. The van der Waals surface area contributed by atoms with E-state index < -0.39 is 0 Å². The van der Waals surface area contributed by atoms with Crippen molar-refractivity contribution in [2.75, 3.05) is 13.2 Å². The molecule has 2 N–H and O–H groups in total. The zero-order chi connectivity index (χ0) is 13.4. The summed E-state index contributed by atoms with van der Waals surface area (Å²) in [5.74, 6) is 0.0892. The number of ether oxygens (including phenoxy) is 1. The molecule has 0 aromatic rings. The van der Waals surface area contributed by atoms with Gasteiger partial charge in [0, 0.05) is 18.5 Å². The molecule has 1 rings (SSSR count). The van der Waals surface area contributed by atoms with Crippen molar-refractivity contribution in [3.8, 4) is 0 Å². The van der Waals surface area contributed by atoms with Gasteiger partial charge >= 0.3 is 0 Å². The van der Waals surface area contributed by atoms with Crippen LogP contribution in [-0.4, -0.2) is 37.2 Å². The van der Waals surface area contributed by atoms with Gasteiger partial charge in [-0.2, -0.15) is 0 Å². The molecule has 0 heterocycles. The molecule has 18 heavy (non-hydrogen) atoms. The molecule has 0 aromatic carbocycles. The van der Waals surface area contributed by atoms with Crippen LogP contribution in [0.2, 0.25) is 0 Å². The Labute approximate surface area is 111 Å². The summed E-state index contributed by atoms with van der Waals surface area (Å²) in [5, 5.41) is 6.36. The van der Waals surface area contributed by atoms with Crippen LogP contribution in [0.4, 0.5) is 0 Å². The zero-order valence-electron chi connectivity index (χ0n) is 12.0. The van der Waals surface area contributed by atoms with Crippen LogP contribution in [0.25, 0.3) is 0 Å². The molecule has 4 nitrogen and oxygen atoms in total. The van der Waals surface area contributed by atoms with E-state index in [1.54, 1.807) is 0 Å². The Balaban J connectivity index is 2.05. The molecule has 1 fully saturated rings. The fourth-order valence-corrected chi connectivity index (χ4v) is 2.43. The SMILES string of the molecule is CCNC1CCC(OCCC(=O)NC(C)C)CC1. The van der Waals surface area contributed by atoms with E-state index in [0.29, 0.717) is 25.2 Å². The van der Waals surface area contributed by atoms with E-state index in [-0.39, 0.29) is 11.9 Å². The lowest BCUT2D eigenvalue weighted by Gasteiger charge is -2.29. The van der Waals surface area contributed by atoms with Crippen molar-refractivity contribution < 1.29 is 9.53 Å². The first-order chi connectivity index (χ1) is 8.61. The third-order valence-electron chi connectivity index (χ3n) is 3.30. The maximum atomic E-state index is 11.4. The molecule has 0 aliphatic heterocycles. The third-order valence-corrected chi connectivity index (χ3v) is 3.30. The van der Waals surface area contributed by atoms with E-state index in [1.165, 1.54) is 12.8 Å². The number of nitrogens with one attached hydrogen (secondary N) is 2. The maximum absolute atomic E-state index is 11.4. The molecule has 0 saturated heterocycles. The highest BCUT2D eigenvalue weighted by atomic mass is 16.5. The van der Waals surface area contributed by atoms with Gasteiger partial charge in [-0.05, 0) is 46.1 Å². The second-order valence-electron chi connectivity index (χ2n) is 5.37. The summed E-state index contributed by atoms with van der Waals surface area (Å²) in [6.07, 6.45) is 5.44. The van der Waals surface area contributed by atoms with Crippen molar-refractivity contribution in [3.05, 3.63) is 0 Å². The second kappa shape index (κ2) is 8.48. The van der Waals surface area contributed by atoms with Gasteiger partial charge in [-0.15, -0.1) is 0 Å². The van der Waals surface area contributed by atoms with Gasteiger partial charge in [0.25, 0.3) is 0 Å². The molecule has 1 saturated carbocycles. The monoisotopic (exact) mass is 256 g/mol. The molecule has 0 spiro atoms. The van der Waals surface area contributed by atoms with Gasteiger partial charge in [-0.1, -0.05) is 6.92 Å². The largest absolute Gasteiger partial charge is 0.378 e. The van der Waals surface area contributed by atoms with Gasteiger partial charge in [0.15, 0.2) is 0 Å². The van der Waals surface area contributed by atoms with Crippen LogP contribution in [0.15, 0.2) is 0 Å². The van der Waals surface area contributed by atoms with E-state index in [4.69, 9.17) is 4.74 Å². The Morgan fingerprint density at radius 3 is 2.50 bits per heavy atom. The Morgan fingerprint density at radius 1 is 1.28 bits per heavy atom. The van der Waals surface area contributed by atoms with E-state index >= 15 is 0 Å². The van der Waals surface area contributed by atoms with Gasteiger partial charge in [0.2, 0.25) is 5.91 Å². The average molecular weight is 256 g/mol. The van der Waals surface area contributed by atoms with Crippen molar-refractivity contribution in [1.29, 1.82) is 0 Å². The van der Waals surface area contributed by atoms with Gasteiger partial charge in [-0.25, -0.2) is 0 Å². The minimum Gasteiger partial charge on any atom is -0.378 e. The minimum atomic E-state index is 0.0892. The molecule has 1 amide bonds. The molecule has 1 aliphatic rings. The molecular weight excluding hydrogens is 228 g/mol. The van der Waals surface area contributed by atoms with Crippen LogP contribution in [0.3, 0.4) is 0 Å². The summed E-state index contributed by atoms with van der Waals surface area (Å²) in [7, 11) is 0. The lowest BCUT2D eigenvalue weighted by atomic mass is 9.93. The molecule has 0 radical (unpaired) electrons. The molecule has 4 heteroatoms. The Hall–Kier alpha value is -0.610. The van der Waals surface area contributed by atoms with Crippen molar-refractivity contribution in [3.63, 3.8) is 0 Å². The first-order valence-corrected chi connectivity index (χ1v) is 7.26. The normalized spacial score (nSPS) is 24.2. The topological polar surface area (TPSA) is 50.4 Å². The van der Waals surface area contributed by atoms with Crippen molar-refractivity contribution in [2.45, 2.75) is 71.1 Å². The quantitative estimate of drug-likeness (QED) is 0.731. The smallest absolute Gasteiger partial charge is 0.222 e. The highest BCUT2D eigenvalue weighted by Gasteiger charge is 2.20. The molecule has 0 bridgehead atoms. The average Bonchev–Trinajstić information content (AvgIpc) is 2.31. The fourth-order valence-electron chi connectivity index (χ4n) is 2.43. The number of hydrogen-bond acceptors (Lipinski definition) is 3. The summed E-state index contributed by atoms with van der Waals surface area (Å²) in [6.45, 7) is 7.69. The lowest BCUT2D eigenvalue weighted by Crippen LogP contribution is -2.35. The van der Waals surface area contributed by atoms with E-state index in [2.05, 4.69) is 17.6 Å². The van der Waals surface area contributed by atoms with Crippen LogP contribution >= 0.6 is 0 Å². The first-order valence-electron chi connectivity index (χ1n) is 7.26. The molecule has 0 aromatic heterocycles. The van der Waals surface area contributed by atoms with Crippen LogP contribution in [0.5, 0.6) is 0 Å². The molecular formula is C14H28N2O2. The highest BCUT2D eigenvalue weighted by Crippen LogP contribution is 2.21. The predicted octanol–water partition coefficient (Wildman–Crippen LogP) is 1.84. The van der Waals surface area contributed by atoms with Gasteiger partial charge in [-0.3, -0.25) is 4.79 Å². The summed E-state index contributed by atoms with van der Waals surface area (Å²) in [5.41, 5.74) is 0. The number of carbonyl (C=O) groups is 1. The van der Waals surface area contributed by atoms with E-state index in [9.17, 15) is 4.79 Å². The van der Waals surface area contributed by atoms with E-state index in [1.807, 2.05) is 13.8 Å².